The highest BCUT2D eigenvalue weighted by molar-refractivity contribution is 5.51. The molecule has 4 nitrogen and oxygen atoms in total. The fourth-order valence-electron chi connectivity index (χ4n) is 1.18. The summed E-state index contributed by atoms with van der Waals surface area (Å²) in [5.41, 5.74) is 0.460. The van der Waals surface area contributed by atoms with E-state index in [4.69, 9.17) is 11.7 Å². The average molecular weight is 200 g/mol. The number of terminal acetylenes is 1. The molecule has 1 heterocycles. The Morgan fingerprint density at radius 1 is 1.67 bits per heavy atom. The smallest absolute Gasteiger partial charge is 0.167 e. The molecule has 0 aliphatic carbocycles. The molecule has 0 spiro atoms. The Kier molecular flexibility index (Phi) is 4.12. The predicted octanol–water partition coefficient (Wildman–Crippen LogP) is 1.56. The Morgan fingerprint density at radius 3 is 3.07 bits per heavy atom. The highest BCUT2D eigenvalue weighted by Crippen LogP contribution is 2.11. The number of nitriles is 1. The third kappa shape index (κ3) is 2.96. The van der Waals surface area contributed by atoms with Gasteiger partial charge in [0.05, 0.1) is 17.8 Å². The minimum absolute atomic E-state index is 0.0983. The van der Waals surface area contributed by atoms with Crippen molar-refractivity contribution in [1.82, 2.24) is 10.2 Å². The lowest BCUT2D eigenvalue weighted by Crippen LogP contribution is -2.18. The Morgan fingerprint density at radius 2 is 2.47 bits per heavy atom. The van der Waals surface area contributed by atoms with E-state index >= 15 is 0 Å². The minimum atomic E-state index is -0.0983. The quantitative estimate of drug-likeness (QED) is 0.749. The normalized spacial score (nSPS) is 11.1. The summed E-state index contributed by atoms with van der Waals surface area (Å²) in [4.78, 5) is 0. The summed E-state index contributed by atoms with van der Waals surface area (Å²) >= 11 is 0. The topological polar surface area (TPSA) is 61.6 Å². The number of nitrogens with zero attached hydrogens (tertiary/aromatic N) is 3. The number of aromatic nitrogens is 2. The van der Waals surface area contributed by atoms with E-state index in [0.717, 1.165) is 12.8 Å². The number of nitrogens with one attached hydrogen (secondary N) is 1. The van der Waals surface area contributed by atoms with Crippen LogP contribution in [0.1, 0.15) is 25.3 Å². The van der Waals surface area contributed by atoms with Crippen LogP contribution in [0.2, 0.25) is 0 Å². The van der Waals surface area contributed by atoms with Crippen LogP contribution in [-0.2, 0) is 0 Å². The number of hydrogen-bond donors (Lipinski definition) is 1. The first-order chi connectivity index (χ1) is 7.31. The van der Waals surface area contributed by atoms with Gasteiger partial charge in [-0.25, -0.2) is 0 Å². The molecule has 0 saturated heterocycles. The molecule has 0 aromatic carbocycles. The second kappa shape index (κ2) is 5.62. The van der Waals surface area contributed by atoms with E-state index < -0.39 is 0 Å². The van der Waals surface area contributed by atoms with Crippen LogP contribution in [0.5, 0.6) is 0 Å². The van der Waals surface area contributed by atoms with Crippen LogP contribution in [0.25, 0.3) is 0 Å². The average Bonchev–Trinajstić information content (AvgIpc) is 2.29. The SMILES string of the molecule is C#CC(CCC)Nc1nnccc1C#N. The van der Waals surface area contributed by atoms with E-state index in [2.05, 4.69) is 21.4 Å². The van der Waals surface area contributed by atoms with Gasteiger partial charge in [-0.15, -0.1) is 11.5 Å². The van der Waals surface area contributed by atoms with Gasteiger partial charge in [0.1, 0.15) is 6.07 Å². The highest BCUT2D eigenvalue weighted by Gasteiger charge is 2.08. The lowest BCUT2D eigenvalue weighted by Gasteiger charge is -2.12. The van der Waals surface area contributed by atoms with Crippen LogP contribution in [0.4, 0.5) is 5.82 Å². The summed E-state index contributed by atoms with van der Waals surface area (Å²) in [6.45, 7) is 2.05. The van der Waals surface area contributed by atoms with Gasteiger partial charge in [-0.05, 0) is 12.5 Å². The lowest BCUT2D eigenvalue weighted by molar-refractivity contribution is 0.749. The Labute approximate surface area is 89.3 Å². The summed E-state index contributed by atoms with van der Waals surface area (Å²) in [5, 5.41) is 19.4. The van der Waals surface area contributed by atoms with E-state index in [-0.39, 0.29) is 6.04 Å². The molecular weight excluding hydrogens is 188 g/mol. The third-order valence-corrected chi connectivity index (χ3v) is 1.93. The fourth-order valence-corrected chi connectivity index (χ4v) is 1.18. The van der Waals surface area contributed by atoms with Crippen molar-refractivity contribution in [1.29, 1.82) is 5.26 Å². The summed E-state index contributed by atoms with van der Waals surface area (Å²) < 4.78 is 0. The minimum Gasteiger partial charge on any atom is -0.354 e. The molecule has 0 fully saturated rings. The van der Waals surface area contributed by atoms with Crippen molar-refractivity contribution in [3.05, 3.63) is 17.8 Å². The molecule has 15 heavy (non-hydrogen) atoms. The first-order valence-electron chi connectivity index (χ1n) is 4.76. The van der Waals surface area contributed by atoms with E-state index in [0.29, 0.717) is 11.4 Å². The summed E-state index contributed by atoms with van der Waals surface area (Å²) in [6.07, 6.45) is 8.66. The van der Waals surface area contributed by atoms with Crippen LogP contribution >= 0.6 is 0 Å². The second-order valence-electron chi connectivity index (χ2n) is 3.06. The van der Waals surface area contributed by atoms with Gasteiger partial charge in [-0.1, -0.05) is 19.3 Å². The van der Waals surface area contributed by atoms with Crippen molar-refractivity contribution < 1.29 is 0 Å². The molecule has 1 aromatic heterocycles. The van der Waals surface area contributed by atoms with Crippen molar-refractivity contribution in [3.8, 4) is 18.4 Å². The van der Waals surface area contributed by atoms with Crippen molar-refractivity contribution in [3.63, 3.8) is 0 Å². The Bertz CT molecular complexity index is 400. The van der Waals surface area contributed by atoms with Gasteiger partial charge in [-0.2, -0.15) is 10.4 Å². The second-order valence-corrected chi connectivity index (χ2v) is 3.06. The highest BCUT2D eigenvalue weighted by atomic mass is 15.2. The van der Waals surface area contributed by atoms with Gasteiger partial charge in [-0.3, -0.25) is 0 Å². The zero-order valence-corrected chi connectivity index (χ0v) is 8.57. The molecule has 1 atom stereocenters. The third-order valence-electron chi connectivity index (χ3n) is 1.93. The van der Waals surface area contributed by atoms with Gasteiger partial charge >= 0.3 is 0 Å². The maximum absolute atomic E-state index is 8.82. The van der Waals surface area contributed by atoms with E-state index in [1.807, 2.05) is 13.0 Å². The molecule has 1 aromatic rings. The van der Waals surface area contributed by atoms with Gasteiger partial charge < -0.3 is 5.32 Å². The van der Waals surface area contributed by atoms with Gasteiger partial charge in [0.15, 0.2) is 5.82 Å². The molecule has 0 radical (unpaired) electrons. The molecule has 1 rings (SSSR count). The lowest BCUT2D eigenvalue weighted by atomic mass is 10.1. The van der Waals surface area contributed by atoms with Crippen LogP contribution in [0.15, 0.2) is 12.3 Å². The Balaban J connectivity index is 2.80. The standard InChI is InChI=1S/C11H12N4/c1-3-5-10(4-2)14-11-9(8-12)6-7-13-15-11/h2,6-7,10H,3,5H2,1H3,(H,14,15). The zero-order chi connectivity index (χ0) is 11.1. The maximum Gasteiger partial charge on any atom is 0.167 e. The zero-order valence-electron chi connectivity index (χ0n) is 8.57. The number of anilines is 1. The van der Waals surface area contributed by atoms with Gasteiger partial charge in [0, 0.05) is 0 Å². The van der Waals surface area contributed by atoms with Crippen LogP contribution in [0.3, 0.4) is 0 Å². The van der Waals surface area contributed by atoms with Crippen LogP contribution in [0, 0.1) is 23.7 Å². The molecule has 0 aliphatic heterocycles. The molecule has 0 amide bonds. The summed E-state index contributed by atoms with van der Waals surface area (Å²) in [6, 6.07) is 3.54. The van der Waals surface area contributed by atoms with Gasteiger partial charge in [0.25, 0.3) is 0 Å². The van der Waals surface area contributed by atoms with Crippen LogP contribution in [-0.4, -0.2) is 16.2 Å². The van der Waals surface area contributed by atoms with E-state index in [1.54, 1.807) is 6.07 Å². The van der Waals surface area contributed by atoms with E-state index in [1.165, 1.54) is 6.20 Å². The number of hydrogen-bond acceptors (Lipinski definition) is 4. The monoisotopic (exact) mass is 200 g/mol. The molecule has 76 valence electrons. The van der Waals surface area contributed by atoms with Crippen molar-refractivity contribution in [2.75, 3.05) is 5.32 Å². The molecule has 0 saturated carbocycles. The largest absolute Gasteiger partial charge is 0.354 e. The van der Waals surface area contributed by atoms with Crippen molar-refractivity contribution >= 4 is 5.82 Å². The molecular formula is C11H12N4. The van der Waals surface area contributed by atoms with Crippen molar-refractivity contribution in [2.24, 2.45) is 0 Å². The molecule has 0 aliphatic rings. The molecule has 1 N–H and O–H groups in total. The molecule has 1 unspecified atom stereocenters. The first-order valence-corrected chi connectivity index (χ1v) is 4.76. The number of rotatable bonds is 4. The summed E-state index contributed by atoms with van der Waals surface area (Å²) in [5.74, 6) is 3.07. The molecule has 4 heteroatoms. The van der Waals surface area contributed by atoms with Gasteiger partial charge in [0.2, 0.25) is 0 Å². The van der Waals surface area contributed by atoms with E-state index in [9.17, 15) is 0 Å². The van der Waals surface area contributed by atoms with Crippen molar-refractivity contribution in [2.45, 2.75) is 25.8 Å². The Hall–Kier alpha value is -2.07. The fraction of sp³-hybridized carbons (Fsp3) is 0.364. The van der Waals surface area contributed by atoms with Crippen LogP contribution < -0.4 is 5.32 Å². The first kappa shape index (κ1) is 11.0. The predicted molar refractivity (Wildman–Crippen MR) is 57.9 cm³/mol. The summed E-state index contributed by atoms with van der Waals surface area (Å²) in [7, 11) is 0. The molecule has 0 bridgehead atoms. The maximum atomic E-state index is 8.82.